The van der Waals surface area contributed by atoms with Gasteiger partial charge in [-0.1, -0.05) is 42.5 Å². The highest BCUT2D eigenvalue weighted by molar-refractivity contribution is 7.20. The van der Waals surface area contributed by atoms with Gasteiger partial charge in [0.1, 0.15) is 0 Å². The van der Waals surface area contributed by atoms with Gasteiger partial charge in [-0.3, -0.25) is 4.79 Å². The molecule has 0 amide bonds. The van der Waals surface area contributed by atoms with Gasteiger partial charge in [0.05, 0.1) is 6.10 Å². The third-order valence-corrected chi connectivity index (χ3v) is 5.34. The van der Waals surface area contributed by atoms with Crippen molar-refractivity contribution in [1.29, 1.82) is 0 Å². The molecule has 0 spiro atoms. The summed E-state index contributed by atoms with van der Waals surface area (Å²) < 4.78 is 1.37. The maximum absolute atomic E-state index is 12.2. The summed E-state index contributed by atoms with van der Waals surface area (Å²) in [6.07, 6.45) is 0.894. The first-order chi connectivity index (χ1) is 11.7. The van der Waals surface area contributed by atoms with Crippen LogP contribution >= 0.6 is 11.3 Å². The van der Waals surface area contributed by atoms with Crippen LogP contribution in [0.1, 0.15) is 36.3 Å². The lowest BCUT2D eigenvalue weighted by Gasteiger charge is -2.18. The van der Waals surface area contributed by atoms with Gasteiger partial charge in [-0.15, -0.1) is 5.10 Å². The second kappa shape index (κ2) is 5.99. The zero-order chi connectivity index (χ0) is 16.7. The van der Waals surface area contributed by atoms with E-state index in [2.05, 4.69) is 15.0 Å². The van der Waals surface area contributed by atoms with Crippen LogP contribution in [0.3, 0.4) is 0 Å². The fraction of sp³-hybridized carbons (Fsp3) is 0.353. The normalized spacial score (nSPS) is 17.8. The predicted octanol–water partition coefficient (Wildman–Crippen LogP) is 2.16. The van der Waals surface area contributed by atoms with Crippen LogP contribution in [0.4, 0.5) is 5.13 Å². The molecule has 0 aliphatic carbocycles. The Bertz CT molecular complexity index is 949. The standard InChI is InChI=1S/C17H18N4O2S/c1-2-12-9-15(23)21-16(18-12)24-17(19-21)20-8-7-14(22)13-6-4-3-5-11(13)10-20/h3-6,9,14,22H,2,7-8,10H2,1H3/t14-/m1/s1. The number of aliphatic hydroxyl groups excluding tert-OH is 1. The quantitative estimate of drug-likeness (QED) is 0.773. The highest BCUT2D eigenvalue weighted by atomic mass is 32.1. The van der Waals surface area contributed by atoms with Crippen LogP contribution in [0.25, 0.3) is 4.96 Å². The fourth-order valence-electron chi connectivity index (χ4n) is 3.04. The molecule has 7 heteroatoms. The van der Waals surface area contributed by atoms with E-state index in [4.69, 9.17) is 0 Å². The Hall–Kier alpha value is -2.25. The lowest BCUT2D eigenvalue weighted by molar-refractivity contribution is 0.171. The zero-order valence-corrected chi connectivity index (χ0v) is 14.2. The zero-order valence-electron chi connectivity index (χ0n) is 13.3. The van der Waals surface area contributed by atoms with E-state index in [1.807, 2.05) is 31.2 Å². The molecule has 0 unspecified atom stereocenters. The van der Waals surface area contributed by atoms with E-state index in [0.717, 1.165) is 28.4 Å². The van der Waals surface area contributed by atoms with E-state index in [9.17, 15) is 9.90 Å². The molecule has 0 saturated heterocycles. The topological polar surface area (TPSA) is 70.7 Å². The molecule has 1 aromatic carbocycles. The number of hydrogen-bond acceptors (Lipinski definition) is 6. The summed E-state index contributed by atoms with van der Waals surface area (Å²) >= 11 is 1.42. The minimum atomic E-state index is -0.465. The molecule has 0 radical (unpaired) electrons. The minimum absolute atomic E-state index is 0.144. The summed E-state index contributed by atoms with van der Waals surface area (Å²) in [5.41, 5.74) is 2.71. The van der Waals surface area contributed by atoms with E-state index in [1.54, 1.807) is 0 Å². The van der Waals surface area contributed by atoms with Crippen molar-refractivity contribution < 1.29 is 5.11 Å². The minimum Gasteiger partial charge on any atom is -0.388 e. The molecule has 3 heterocycles. The number of anilines is 1. The lowest BCUT2D eigenvalue weighted by atomic mass is 10.0. The number of fused-ring (bicyclic) bond motifs is 2. The predicted molar refractivity (Wildman–Crippen MR) is 93.6 cm³/mol. The molecule has 0 fully saturated rings. The highest BCUT2D eigenvalue weighted by Crippen LogP contribution is 2.31. The smallest absolute Gasteiger partial charge is 0.275 e. The Balaban J connectivity index is 1.75. The summed E-state index contributed by atoms with van der Waals surface area (Å²) in [5, 5.41) is 15.6. The summed E-state index contributed by atoms with van der Waals surface area (Å²) in [4.78, 5) is 19.4. The van der Waals surface area contributed by atoms with Crippen molar-refractivity contribution >= 4 is 21.4 Å². The lowest BCUT2D eigenvalue weighted by Crippen LogP contribution is -2.23. The molecule has 1 N–H and O–H groups in total. The van der Waals surface area contributed by atoms with Crippen molar-refractivity contribution in [1.82, 2.24) is 14.6 Å². The monoisotopic (exact) mass is 342 g/mol. The van der Waals surface area contributed by atoms with E-state index in [1.165, 1.54) is 21.9 Å². The molecule has 124 valence electrons. The van der Waals surface area contributed by atoms with Crippen molar-refractivity contribution in [2.75, 3.05) is 11.4 Å². The maximum Gasteiger partial charge on any atom is 0.275 e. The third-order valence-electron chi connectivity index (χ3n) is 4.37. The molecule has 6 nitrogen and oxygen atoms in total. The fourth-order valence-corrected chi connectivity index (χ4v) is 3.99. The molecule has 1 atom stereocenters. The van der Waals surface area contributed by atoms with Crippen molar-refractivity contribution in [2.24, 2.45) is 0 Å². The Kier molecular flexibility index (Phi) is 3.82. The molecule has 1 aliphatic heterocycles. The van der Waals surface area contributed by atoms with Crippen molar-refractivity contribution in [3.8, 4) is 0 Å². The Morgan fingerprint density at radius 2 is 2.21 bits per heavy atom. The van der Waals surface area contributed by atoms with Crippen molar-refractivity contribution in [3.63, 3.8) is 0 Å². The van der Waals surface area contributed by atoms with Crippen LogP contribution in [0.5, 0.6) is 0 Å². The van der Waals surface area contributed by atoms with Gasteiger partial charge in [0, 0.05) is 24.8 Å². The van der Waals surface area contributed by atoms with Gasteiger partial charge in [-0.05, 0) is 24.0 Å². The van der Waals surface area contributed by atoms with E-state index < -0.39 is 6.10 Å². The number of aromatic nitrogens is 3. The Morgan fingerprint density at radius 3 is 3.04 bits per heavy atom. The van der Waals surface area contributed by atoms with Gasteiger partial charge in [-0.2, -0.15) is 4.52 Å². The van der Waals surface area contributed by atoms with E-state index in [-0.39, 0.29) is 5.56 Å². The SMILES string of the molecule is CCc1cc(=O)n2nc(N3CC[C@@H](O)c4ccccc4C3)sc2n1. The van der Waals surface area contributed by atoms with Crippen molar-refractivity contribution in [3.05, 3.63) is 57.5 Å². The first kappa shape index (κ1) is 15.3. The molecule has 3 aromatic rings. The number of nitrogens with zero attached hydrogens (tertiary/aromatic N) is 4. The van der Waals surface area contributed by atoms with Gasteiger partial charge < -0.3 is 10.0 Å². The molecular weight excluding hydrogens is 324 g/mol. The summed E-state index contributed by atoms with van der Waals surface area (Å²) in [5.74, 6) is 0. The van der Waals surface area contributed by atoms with Gasteiger partial charge in [0.2, 0.25) is 10.1 Å². The van der Waals surface area contributed by atoms with Gasteiger partial charge in [-0.25, -0.2) is 4.98 Å². The first-order valence-electron chi connectivity index (χ1n) is 8.06. The first-order valence-corrected chi connectivity index (χ1v) is 8.88. The Morgan fingerprint density at radius 1 is 1.38 bits per heavy atom. The molecule has 24 heavy (non-hydrogen) atoms. The number of hydrogen-bond donors (Lipinski definition) is 1. The molecule has 0 bridgehead atoms. The van der Waals surface area contributed by atoms with E-state index in [0.29, 0.717) is 24.5 Å². The highest BCUT2D eigenvalue weighted by Gasteiger charge is 2.23. The maximum atomic E-state index is 12.2. The number of aliphatic hydroxyl groups is 1. The summed E-state index contributed by atoms with van der Waals surface area (Å²) in [7, 11) is 0. The van der Waals surface area contributed by atoms with Crippen molar-refractivity contribution in [2.45, 2.75) is 32.4 Å². The second-order valence-electron chi connectivity index (χ2n) is 5.94. The van der Waals surface area contributed by atoms with Gasteiger partial charge in [0.25, 0.3) is 5.56 Å². The summed E-state index contributed by atoms with van der Waals surface area (Å²) in [6, 6.07) is 9.47. The average molecular weight is 342 g/mol. The van der Waals surface area contributed by atoms with Crippen LogP contribution in [0, 0.1) is 0 Å². The van der Waals surface area contributed by atoms with Gasteiger partial charge >= 0.3 is 0 Å². The average Bonchev–Trinajstić information content (AvgIpc) is 2.95. The summed E-state index contributed by atoms with van der Waals surface area (Å²) in [6.45, 7) is 3.33. The Labute approximate surface area is 143 Å². The van der Waals surface area contributed by atoms with E-state index >= 15 is 0 Å². The largest absolute Gasteiger partial charge is 0.388 e. The second-order valence-corrected chi connectivity index (χ2v) is 6.88. The van der Waals surface area contributed by atoms with Crippen LogP contribution in [-0.2, 0) is 13.0 Å². The molecule has 4 rings (SSSR count). The van der Waals surface area contributed by atoms with Crippen LogP contribution < -0.4 is 10.5 Å². The number of benzene rings is 1. The molecule has 2 aromatic heterocycles. The molecule has 1 aliphatic rings. The molecular formula is C17H18N4O2S. The molecule has 0 saturated carbocycles. The van der Waals surface area contributed by atoms with Crippen LogP contribution in [-0.4, -0.2) is 26.2 Å². The van der Waals surface area contributed by atoms with Crippen LogP contribution in [0.15, 0.2) is 35.1 Å². The van der Waals surface area contributed by atoms with Gasteiger partial charge in [0.15, 0.2) is 0 Å². The number of rotatable bonds is 2. The number of aryl methyl sites for hydroxylation is 1. The third kappa shape index (κ3) is 2.59. The van der Waals surface area contributed by atoms with Crippen LogP contribution in [0.2, 0.25) is 0 Å².